The van der Waals surface area contributed by atoms with Crippen LogP contribution < -0.4 is 9.47 Å². The Morgan fingerprint density at radius 3 is 2.71 bits per heavy atom. The predicted octanol–water partition coefficient (Wildman–Crippen LogP) is 4.76. The van der Waals surface area contributed by atoms with E-state index >= 15 is 0 Å². The summed E-state index contributed by atoms with van der Waals surface area (Å²) in [5, 5.41) is 20.2. The lowest BCUT2D eigenvalue weighted by Gasteiger charge is -2.30. The van der Waals surface area contributed by atoms with Gasteiger partial charge in [0.2, 0.25) is 0 Å². The number of halogens is 3. The van der Waals surface area contributed by atoms with Crippen molar-refractivity contribution in [2.24, 2.45) is 5.92 Å². The van der Waals surface area contributed by atoms with Gasteiger partial charge in [-0.05, 0) is 59.3 Å². The molecule has 1 aromatic heterocycles. The van der Waals surface area contributed by atoms with Crippen LogP contribution in [0.2, 0.25) is 5.02 Å². The first-order chi connectivity index (χ1) is 14.9. The molecule has 0 saturated heterocycles. The fourth-order valence-electron chi connectivity index (χ4n) is 3.83. The minimum absolute atomic E-state index is 0.0176. The van der Waals surface area contributed by atoms with Crippen molar-refractivity contribution < 1.29 is 24.1 Å². The summed E-state index contributed by atoms with van der Waals surface area (Å²) in [4.78, 5) is 8.58. The van der Waals surface area contributed by atoms with E-state index < -0.39 is 18.0 Å². The standard InChI is InChI=1S/C22H21BrClFN2O4/c1-30-18-7-13-15(8-19(18)31-9-11-2-5-16(28)17(29)6-11)26-10-27-22(13)12-3-4-14(23)20(24)21(12)25/h3-4,7-8,10-11,16-17,28-29H,2,5-6,9H2,1H3. The van der Waals surface area contributed by atoms with Gasteiger partial charge in [0, 0.05) is 21.5 Å². The minimum atomic E-state index is -0.733. The molecule has 2 aromatic carbocycles. The van der Waals surface area contributed by atoms with Gasteiger partial charge < -0.3 is 19.7 Å². The number of aliphatic hydroxyl groups excluding tert-OH is 2. The van der Waals surface area contributed by atoms with E-state index in [-0.39, 0.29) is 16.5 Å². The number of nitrogens with zero attached hydrogens (tertiary/aromatic N) is 2. The van der Waals surface area contributed by atoms with E-state index in [4.69, 9.17) is 21.1 Å². The zero-order valence-electron chi connectivity index (χ0n) is 16.7. The van der Waals surface area contributed by atoms with E-state index in [1.807, 2.05) is 0 Å². The van der Waals surface area contributed by atoms with E-state index in [1.54, 1.807) is 24.3 Å². The molecule has 1 aliphatic rings. The third-order valence-corrected chi connectivity index (χ3v) is 6.83. The summed E-state index contributed by atoms with van der Waals surface area (Å²) in [5.74, 6) is 0.505. The second-order valence-electron chi connectivity index (χ2n) is 7.59. The highest BCUT2D eigenvalue weighted by atomic mass is 79.9. The topological polar surface area (TPSA) is 84.7 Å². The highest BCUT2D eigenvalue weighted by molar-refractivity contribution is 9.10. The van der Waals surface area contributed by atoms with Gasteiger partial charge >= 0.3 is 0 Å². The molecule has 9 heteroatoms. The summed E-state index contributed by atoms with van der Waals surface area (Å²) in [5.41, 5.74) is 1.22. The number of methoxy groups -OCH3 is 1. The average molecular weight is 512 g/mol. The Kier molecular flexibility index (Phi) is 6.62. The van der Waals surface area contributed by atoms with Gasteiger partial charge in [-0.15, -0.1) is 0 Å². The van der Waals surface area contributed by atoms with E-state index in [0.29, 0.717) is 52.0 Å². The van der Waals surface area contributed by atoms with Crippen molar-refractivity contribution in [2.45, 2.75) is 31.5 Å². The highest BCUT2D eigenvalue weighted by Crippen LogP contribution is 2.39. The molecule has 4 rings (SSSR count). The monoisotopic (exact) mass is 510 g/mol. The maximum Gasteiger partial charge on any atom is 0.163 e. The molecule has 1 fully saturated rings. The molecule has 31 heavy (non-hydrogen) atoms. The first kappa shape index (κ1) is 22.2. The van der Waals surface area contributed by atoms with Crippen molar-refractivity contribution >= 4 is 38.4 Å². The van der Waals surface area contributed by atoms with E-state index in [2.05, 4.69) is 25.9 Å². The zero-order chi connectivity index (χ0) is 22.1. The van der Waals surface area contributed by atoms with Gasteiger partial charge in [-0.2, -0.15) is 0 Å². The number of ether oxygens (including phenoxy) is 2. The molecule has 3 unspecified atom stereocenters. The van der Waals surface area contributed by atoms with Crippen LogP contribution >= 0.6 is 27.5 Å². The number of benzene rings is 2. The smallest absolute Gasteiger partial charge is 0.163 e. The Morgan fingerprint density at radius 2 is 1.97 bits per heavy atom. The van der Waals surface area contributed by atoms with E-state index in [0.717, 1.165) is 6.42 Å². The number of fused-ring (bicyclic) bond motifs is 1. The number of hydrogen-bond acceptors (Lipinski definition) is 6. The predicted molar refractivity (Wildman–Crippen MR) is 119 cm³/mol. The Labute approximate surface area is 192 Å². The number of aliphatic hydroxyl groups is 2. The third kappa shape index (κ3) is 4.48. The molecule has 1 aliphatic carbocycles. The molecule has 2 N–H and O–H groups in total. The molecule has 164 valence electrons. The van der Waals surface area contributed by atoms with Gasteiger partial charge in [-0.3, -0.25) is 0 Å². The third-order valence-electron chi connectivity index (χ3n) is 5.58. The normalized spacial score (nSPS) is 21.3. The van der Waals surface area contributed by atoms with Crippen LogP contribution in [0.4, 0.5) is 4.39 Å². The summed E-state index contributed by atoms with van der Waals surface area (Å²) in [6, 6.07) is 6.71. The number of rotatable bonds is 5. The molecule has 1 saturated carbocycles. The largest absolute Gasteiger partial charge is 0.493 e. The fraction of sp³-hybridized carbons (Fsp3) is 0.364. The molecule has 0 spiro atoms. The second kappa shape index (κ2) is 9.24. The molecule has 6 nitrogen and oxygen atoms in total. The van der Waals surface area contributed by atoms with Crippen LogP contribution in [0.15, 0.2) is 35.1 Å². The molecule has 0 amide bonds. The van der Waals surface area contributed by atoms with Crippen LogP contribution in [0.1, 0.15) is 19.3 Å². The maximum atomic E-state index is 14.8. The lowest BCUT2D eigenvalue weighted by molar-refractivity contribution is -0.0317. The van der Waals surface area contributed by atoms with E-state index in [9.17, 15) is 14.6 Å². The van der Waals surface area contributed by atoms with Crippen molar-refractivity contribution in [1.82, 2.24) is 9.97 Å². The fourth-order valence-corrected chi connectivity index (χ4v) is 4.31. The number of hydrogen-bond donors (Lipinski definition) is 2. The first-order valence-corrected chi connectivity index (χ1v) is 11.0. The average Bonchev–Trinajstić information content (AvgIpc) is 2.77. The Bertz CT molecular complexity index is 1120. The minimum Gasteiger partial charge on any atom is -0.493 e. The van der Waals surface area contributed by atoms with Gasteiger partial charge in [-0.1, -0.05) is 11.6 Å². The van der Waals surface area contributed by atoms with Gasteiger partial charge in [0.1, 0.15) is 6.33 Å². The summed E-state index contributed by atoms with van der Waals surface area (Å²) in [6.07, 6.45) is 1.75. The quantitative estimate of drug-likeness (QED) is 0.481. The first-order valence-electron chi connectivity index (χ1n) is 9.84. The van der Waals surface area contributed by atoms with Crippen molar-refractivity contribution in [3.8, 4) is 22.8 Å². The summed E-state index contributed by atoms with van der Waals surface area (Å²) in [7, 11) is 1.52. The van der Waals surface area contributed by atoms with Crippen molar-refractivity contribution in [2.75, 3.05) is 13.7 Å². The molecule has 0 radical (unpaired) electrons. The molecule has 1 heterocycles. The Hall–Kier alpha value is -2.00. The summed E-state index contributed by atoms with van der Waals surface area (Å²) < 4.78 is 26.7. The Morgan fingerprint density at radius 1 is 1.16 bits per heavy atom. The van der Waals surface area contributed by atoms with E-state index in [1.165, 1.54) is 13.4 Å². The van der Waals surface area contributed by atoms with Crippen molar-refractivity contribution in [3.05, 3.63) is 45.9 Å². The van der Waals surface area contributed by atoms with Crippen LogP contribution in [-0.2, 0) is 0 Å². The van der Waals surface area contributed by atoms with Crippen LogP contribution in [0, 0.1) is 11.7 Å². The maximum absolute atomic E-state index is 14.8. The van der Waals surface area contributed by atoms with Gasteiger partial charge in [0.05, 0.1) is 42.2 Å². The molecule has 0 aliphatic heterocycles. The Balaban J connectivity index is 1.67. The summed E-state index contributed by atoms with van der Waals surface area (Å²) >= 11 is 9.28. The lowest BCUT2D eigenvalue weighted by atomic mass is 9.86. The van der Waals surface area contributed by atoms with Crippen LogP contribution in [0.5, 0.6) is 11.5 Å². The van der Waals surface area contributed by atoms with Gasteiger partial charge in [0.15, 0.2) is 17.3 Å². The molecule has 3 aromatic rings. The molecular weight excluding hydrogens is 491 g/mol. The van der Waals surface area contributed by atoms with Crippen LogP contribution in [0.3, 0.4) is 0 Å². The summed E-state index contributed by atoms with van der Waals surface area (Å²) in [6.45, 7) is 0.376. The van der Waals surface area contributed by atoms with Gasteiger partial charge in [0.25, 0.3) is 0 Å². The SMILES string of the molecule is COc1cc2c(-c3ccc(Br)c(Cl)c3F)ncnc2cc1OCC1CCC(O)C(O)C1. The number of aromatic nitrogens is 2. The zero-order valence-corrected chi connectivity index (χ0v) is 19.0. The van der Waals surface area contributed by atoms with Crippen LogP contribution in [-0.4, -0.2) is 46.1 Å². The van der Waals surface area contributed by atoms with Crippen LogP contribution in [0.25, 0.3) is 22.2 Å². The van der Waals surface area contributed by atoms with Crippen molar-refractivity contribution in [3.63, 3.8) is 0 Å². The van der Waals surface area contributed by atoms with Gasteiger partial charge in [-0.25, -0.2) is 14.4 Å². The second-order valence-corrected chi connectivity index (χ2v) is 8.82. The molecular formula is C22H21BrClFN2O4. The molecule has 0 bridgehead atoms. The van der Waals surface area contributed by atoms with Crippen molar-refractivity contribution in [1.29, 1.82) is 0 Å². The highest BCUT2D eigenvalue weighted by Gasteiger charge is 2.28. The lowest BCUT2D eigenvalue weighted by Crippen LogP contribution is -2.35. The molecule has 3 atom stereocenters.